The van der Waals surface area contributed by atoms with Crippen LogP contribution in [0.1, 0.15) is 9.75 Å². The van der Waals surface area contributed by atoms with Crippen molar-refractivity contribution in [1.29, 1.82) is 0 Å². The number of hydrogen-bond donors (Lipinski definition) is 2. The van der Waals surface area contributed by atoms with E-state index in [1.807, 2.05) is 36.4 Å². The molecule has 0 aliphatic carbocycles. The Morgan fingerprint density at radius 2 is 2.00 bits per heavy atom. The number of rotatable bonds is 6. The predicted molar refractivity (Wildman–Crippen MR) is 76.0 cm³/mol. The molecule has 0 amide bonds. The quantitative estimate of drug-likeness (QED) is 0.852. The number of carboxylic acids is 1. The molecule has 0 spiro atoms. The van der Waals surface area contributed by atoms with Gasteiger partial charge >= 0.3 is 5.97 Å². The van der Waals surface area contributed by atoms with Gasteiger partial charge in [0.05, 0.1) is 19.2 Å². The van der Waals surface area contributed by atoms with Crippen molar-refractivity contribution < 1.29 is 14.6 Å². The lowest BCUT2D eigenvalue weighted by Gasteiger charge is -2.09. The minimum atomic E-state index is -0.800. The number of nitrogens with one attached hydrogen (secondary N) is 1. The maximum absolute atomic E-state index is 10.6. The van der Waals surface area contributed by atoms with E-state index in [0.717, 1.165) is 21.2 Å². The molecular formula is C14H15NO3S. The summed E-state index contributed by atoms with van der Waals surface area (Å²) in [5, 5.41) is 12.0. The van der Waals surface area contributed by atoms with Crippen LogP contribution in [0.25, 0.3) is 0 Å². The van der Waals surface area contributed by atoms with Crippen molar-refractivity contribution in [2.24, 2.45) is 0 Å². The molecule has 0 aliphatic heterocycles. The van der Waals surface area contributed by atoms with Crippen molar-refractivity contribution in [2.75, 3.05) is 12.4 Å². The lowest BCUT2D eigenvalue weighted by atomic mass is 10.3. The molecule has 1 aromatic carbocycles. The molecule has 5 heteroatoms. The van der Waals surface area contributed by atoms with E-state index in [1.165, 1.54) is 11.3 Å². The van der Waals surface area contributed by atoms with E-state index in [-0.39, 0.29) is 6.42 Å². The summed E-state index contributed by atoms with van der Waals surface area (Å²) >= 11 is 1.51. The average Bonchev–Trinajstić information content (AvgIpc) is 2.83. The molecule has 0 saturated heterocycles. The third kappa shape index (κ3) is 3.72. The Labute approximate surface area is 115 Å². The highest BCUT2D eigenvalue weighted by atomic mass is 32.1. The Hall–Kier alpha value is -2.01. The molecule has 1 heterocycles. The van der Waals surface area contributed by atoms with Crippen LogP contribution in [0.2, 0.25) is 0 Å². The highest BCUT2D eigenvalue weighted by molar-refractivity contribution is 7.12. The van der Waals surface area contributed by atoms with Crippen molar-refractivity contribution in [1.82, 2.24) is 0 Å². The second-order valence-corrected chi connectivity index (χ2v) is 5.25. The number of aliphatic carboxylic acids is 1. The SMILES string of the molecule is COc1ccccc1NCc1ccc(CC(=O)O)s1. The summed E-state index contributed by atoms with van der Waals surface area (Å²) in [5.74, 6) is -0.00379. The molecule has 2 rings (SSSR count). The van der Waals surface area contributed by atoms with Crippen LogP contribution in [0.15, 0.2) is 36.4 Å². The fourth-order valence-electron chi connectivity index (χ4n) is 1.73. The first kappa shape index (κ1) is 13.4. The van der Waals surface area contributed by atoms with E-state index in [0.29, 0.717) is 6.54 Å². The highest BCUT2D eigenvalue weighted by Crippen LogP contribution is 2.25. The number of anilines is 1. The standard InChI is InChI=1S/C14H15NO3S/c1-18-13-5-3-2-4-12(13)15-9-11-7-6-10(19-11)8-14(16)17/h2-7,15H,8-9H2,1H3,(H,16,17). The summed E-state index contributed by atoms with van der Waals surface area (Å²) in [6, 6.07) is 11.5. The molecule has 2 aromatic rings. The van der Waals surface area contributed by atoms with Gasteiger partial charge in [-0.05, 0) is 24.3 Å². The van der Waals surface area contributed by atoms with Gasteiger partial charge in [0, 0.05) is 16.3 Å². The number of carbonyl (C=O) groups is 1. The van der Waals surface area contributed by atoms with Crippen LogP contribution in [-0.4, -0.2) is 18.2 Å². The zero-order valence-electron chi connectivity index (χ0n) is 10.6. The van der Waals surface area contributed by atoms with Crippen molar-refractivity contribution in [3.05, 3.63) is 46.2 Å². The van der Waals surface area contributed by atoms with Crippen molar-refractivity contribution in [3.8, 4) is 5.75 Å². The van der Waals surface area contributed by atoms with E-state index in [2.05, 4.69) is 5.32 Å². The number of para-hydroxylation sites is 2. The zero-order chi connectivity index (χ0) is 13.7. The number of benzene rings is 1. The topological polar surface area (TPSA) is 58.6 Å². The molecule has 1 aromatic heterocycles. The molecule has 0 aliphatic rings. The molecule has 0 radical (unpaired) electrons. The van der Waals surface area contributed by atoms with Gasteiger partial charge in [-0.15, -0.1) is 11.3 Å². The molecule has 0 saturated carbocycles. The molecule has 0 unspecified atom stereocenters. The first-order chi connectivity index (χ1) is 9.19. The van der Waals surface area contributed by atoms with Crippen LogP contribution in [0, 0.1) is 0 Å². The van der Waals surface area contributed by atoms with E-state index in [9.17, 15) is 4.79 Å². The number of thiophene rings is 1. The second kappa shape index (κ2) is 6.24. The zero-order valence-corrected chi connectivity index (χ0v) is 11.4. The maximum atomic E-state index is 10.6. The van der Waals surface area contributed by atoms with Gasteiger partial charge in [-0.3, -0.25) is 4.79 Å². The Morgan fingerprint density at radius 1 is 1.26 bits per heavy atom. The lowest BCUT2D eigenvalue weighted by Crippen LogP contribution is -1.99. The summed E-state index contributed by atoms with van der Waals surface area (Å²) in [6.45, 7) is 0.657. The van der Waals surface area contributed by atoms with Crippen LogP contribution in [-0.2, 0) is 17.8 Å². The third-order valence-electron chi connectivity index (χ3n) is 2.60. The monoisotopic (exact) mass is 277 g/mol. The Bertz CT molecular complexity index is 565. The molecule has 4 nitrogen and oxygen atoms in total. The van der Waals surface area contributed by atoms with Crippen LogP contribution in [0.5, 0.6) is 5.75 Å². The number of methoxy groups -OCH3 is 1. The van der Waals surface area contributed by atoms with Gasteiger partial charge in [0.2, 0.25) is 0 Å². The third-order valence-corrected chi connectivity index (χ3v) is 3.69. The normalized spacial score (nSPS) is 10.2. The van der Waals surface area contributed by atoms with Crippen LogP contribution in [0.3, 0.4) is 0 Å². The molecule has 0 atom stereocenters. The number of ether oxygens (including phenoxy) is 1. The summed E-state index contributed by atoms with van der Waals surface area (Å²) in [6.07, 6.45) is 0.0827. The predicted octanol–water partition coefficient (Wildman–Crippen LogP) is 3.00. The van der Waals surface area contributed by atoms with Crippen LogP contribution < -0.4 is 10.1 Å². The average molecular weight is 277 g/mol. The number of hydrogen-bond acceptors (Lipinski definition) is 4. The summed E-state index contributed by atoms with van der Waals surface area (Å²) in [7, 11) is 1.64. The molecule has 2 N–H and O–H groups in total. The first-order valence-corrected chi connectivity index (χ1v) is 6.67. The van der Waals surface area contributed by atoms with Crippen LogP contribution >= 0.6 is 11.3 Å². The van der Waals surface area contributed by atoms with Gasteiger partial charge < -0.3 is 15.2 Å². The van der Waals surface area contributed by atoms with Gasteiger partial charge in [-0.2, -0.15) is 0 Å². The van der Waals surface area contributed by atoms with Gasteiger partial charge in [-0.1, -0.05) is 12.1 Å². The van der Waals surface area contributed by atoms with Crippen molar-refractivity contribution in [3.63, 3.8) is 0 Å². The van der Waals surface area contributed by atoms with Gasteiger partial charge in [-0.25, -0.2) is 0 Å². The van der Waals surface area contributed by atoms with Crippen molar-refractivity contribution in [2.45, 2.75) is 13.0 Å². The summed E-state index contributed by atoms with van der Waals surface area (Å²) in [5.41, 5.74) is 0.929. The van der Waals surface area contributed by atoms with E-state index in [4.69, 9.17) is 9.84 Å². The van der Waals surface area contributed by atoms with Gasteiger partial charge in [0.1, 0.15) is 5.75 Å². The van der Waals surface area contributed by atoms with E-state index in [1.54, 1.807) is 7.11 Å². The summed E-state index contributed by atoms with van der Waals surface area (Å²) < 4.78 is 5.25. The summed E-state index contributed by atoms with van der Waals surface area (Å²) in [4.78, 5) is 12.6. The largest absolute Gasteiger partial charge is 0.495 e. The molecule has 0 fully saturated rings. The lowest BCUT2D eigenvalue weighted by molar-refractivity contribution is -0.136. The fourth-order valence-corrected chi connectivity index (χ4v) is 2.68. The van der Waals surface area contributed by atoms with E-state index < -0.39 is 5.97 Å². The second-order valence-electron chi connectivity index (χ2n) is 3.99. The Balaban J connectivity index is 1.98. The highest BCUT2D eigenvalue weighted by Gasteiger charge is 2.05. The van der Waals surface area contributed by atoms with Crippen molar-refractivity contribution >= 4 is 23.0 Å². The molecule has 100 valence electrons. The Kier molecular flexibility index (Phi) is 4.41. The molecule has 19 heavy (non-hydrogen) atoms. The van der Waals surface area contributed by atoms with E-state index >= 15 is 0 Å². The van der Waals surface area contributed by atoms with Gasteiger partial charge in [0.15, 0.2) is 0 Å². The molecule has 0 bridgehead atoms. The minimum Gasteiger partial charge on any atom is -0.495 e. The minimum absolute atomic E-state index is 0.0827. The molecular weight excluding hydrogens is 262 g/mol. The first-order valence-electron chi connectivity index (χ1n) is 5.85. The Morgan fingerprint density at radius 3 is 2.74 bits per heavy atom. The smallest absolute Gasteiger partial charge is 0.308 e. The van der Waals surface area contributed by atoms with Crippen LogP contribution in [0.4, 0.5) is 5.69 Å². The van der Waals surface area contributed by atoms with Gasteiger partial charge in [0.25, 0.3) is 0 Å². The number of carboxylic acid groups (broad SMARTS) is 1. The maximum Gasteiger partial charge on any atom is 0.308 e. The fraction of sp³-hybridized carbons (Fsp3) is 0.214.